The Kier molecular flexibility index (Phi) is 3.82. The Morgan fingerprint density at radius 1 is 1.20 bits per heavy atom. The zero-order valence-corrected chi connectivity index (χ0v) is 8.41. The highest BCUT2D eigenvalue weighted by Crippen LogP contribution is 2.08. The van der Waals surface area contributed by atoms with Crippen molar-refractivity contribution in [3.63, 3.8) is 0 Å². The van der Waals surface area contributed by atoms with E-state index in [0.717, 1.165) is 5.56 Å². The number of carbonyl (C=O) groups is 2. The molecule has 0 aromatic heterocycles. The molecular weight excluding hydrogens is 194 g/mol. The number of rotatable bonds is 3. The van der Waals surface area contributed by atoms with Gasteiger partial charge in [-0.1, -0.05) is 17.7 Å². The number of nitrogens with two attached hydrogens (primary N) is 1. The van der Waals surface area contributed by atoms with Crippen LogP contribution in [0.2, 0.25) is 0 Å². The quantitative estimate of drug-likeness (QED) is 0.289. The number of aryl methyl sites for hydroxylation is 1. The van der Waals surface area contributed by atoms with Gasteiger partial charge in [0.1, 0.15) is 6.42 Å². The van der Waals surface area contributed by atoms with Gasteiger partial charge in [-0.25, -0.2) is 5.84 Å². The van der Waals surface area contributed by atoms with Gasteiger partial charge < -0.3 is 5.32 Å². The molecule has 0 aliphatic rings. The molecule has 0 fully saturated rings. The van der Waals surface area contributed by atoms with E-state index >= 15 is 0 Å². The summed E-state index contributed by atoms with van der Waals surface area (Å²) in [5.74, 6) is 3.95. The van der Waals surface area contributed by atoms with E-state index in [9.17, 15) is 9.59 Å². The smallest absolute Gasteiger partial charge is 0.243 e. The lowest BCUT2D eigenvalue weighted by atomic mass is 10.2. The van der Waals surface area contributed by atoms with E-state index in [0.29, 0.717) is 5.69 Å². The SMILES string of the molecule is Cc1ccc(NC(=O)CC(=O)NN)cc1. The van der Waals surface area contributed by atoms with Crippen molar-refractivity contribution in [3.05, 3.63) is 29.8 Å². The van der Waals surface area contributed by atoms with E-state index in [1.165, 1.54) is 0 Å². The monoisotopic (exact) mass is 207 g/mol. The number of carbonyl (C=O) groups excluding carboxylic acids is 2. The van der Waals surface area contributed by atoms with Gasteiger partial charge in [0.05, 0.1) is 0 Å². The van der Waals surface area contributed by atoms with Crippen LogP contribution >= 0.6 is 0 Å². The van der Waals surface area contributed by atoms with E-state index < -0.39 is 5.91 Å². The Labute approximate surface area is 87.6 Å². The summed E-state index contributed by atoms with van der Waals surface area (Å²) in [5.41, 5.74) is 3.66. The maximum absolute atomic E-state index is 11.2. The zero-order valence-electron chi connectivity index (χ0n) is 8.41. The van der Waals surface area contributed by atoms with Gasteiger partial charge >= 0.3 is 0 Å². The second-order valence-electron chi connectivity index (χ2n) is 3.16. The van der Waals surface area contributed by atoms with Gasteiger partial charge in [-0.2, -0.15) is 0 Å². The molecule has 5 nitrogen and oxygen atoms in total. The lowest BCUT2D eigenvalue weighted by molar-refractivity contribution is -0.126. The Morgan fingerprint density at radius 2 is 1.80 bits per heavy atom. The van der Waals surface area contributed by atoms with Crippen molar-refractivity contribution in [2.75, 3.05) is 5.32 Å². The van der Waals surface area contributed by atoms with Crippen molar-refractivity contribution in [2.45, 2.75) is 13.3 Å². The Morgan fingerprint density at radius 3 is 2.33 bits per heavy atom. The number of benzene rings is 1. The summed E-state index contributed by atoms with van der Waals surface area (Å²) in [5, 5.41) is 2.58. The van der Waals surface area contributed by atoms with E-state index in [1.54, 1.807) is 12.1 Å². The molecule has 0 spiro atoms. The minimum atomic E-state index is -0.514. The summed E-state index contributed by atoms with van der Waals surface area (Å²) >= 11 is 0. The maximum atomic E-state index is 11.2. The first-order valence-electron chi connectivity index (χ1n) is 4.48. The minimum Gasteiger partial charge on any atom is -0.326 e. The number of nitrogens with one attached hydrogen (secondary N) is 2. The highest BCUT2D eigenvalue weighted by molar-refractivity contribution is 6.03. The van der Waals surface area contributed by atoms with Crippen LogP contribution in [0.5, 0.6) is 0 Å². The van der Waals surface area contributed by atoms with Crippen molar-refractivity contribution in [3.8, 4) is 0 Å². The summed E-state index contributed by atoms with van der Waals surface area (Å²) in [6.07, 6.45) is -0.273. The maximum Gasteiger partial charge on any atom is 0.243 e. The summed E-state index contributed by atoms with van der Waals surface area (Å²) in [4.78, 5) is 22.0. The van der Waals surface area contributed by atoms with Gasteiger partial charge in [-0.05, 0) is 19.1 Å². The second-order valence-corrected chi connectivity index (χ2v) is 3.16. The van der Waals surface area contributed by atoms with Crippen LogP contribution in [0.3, 0.4) is 0 Å². The van der Waals surface area contributed by atoms with Crippen LogP contribution in [-0.4, -0.2) is 11.8 Å². The fraction of sp³-hybridized carbons (Fsp3) is 0.200. The van der Waals surface area contributed by atoms with Gasteiger partial charge in [0, 0.05) is 5.69 Å². The number of hydrogen-bond donors (Lipinski definition) is 3. The molecule has 0 unspecified atom stereocenters. The molecule has 15 heavy (non-hydrogen) atoms. The Bertz CT molecular complexity index is 359. The highest BCUT2D eigenvalue weighted by atomic mass is 16.2. The van der Waals surface area contributed by atoms with Crippen LogP contribution in [0.25, 0.3) is 0 Å². The van der Waals surface area contributed by atoms with Crippen molar-refractivity contribution in [2.24, 2.45) is 5.84 Å². The number of amides is 2. The van der Waals surface area contributed by atoms with E-state index in [-0.39, 0.29) is 12.3 Å². The topological polar surface area (TPSA) is 84.2 Å². The van der Waals surface area contributed by atoms with Crippen molar-refractivity contribution >= 4 is 17.5 Å². The van der Waals surface area contributed by atoms with Crippen LogP contribution < -0.4 is 16.6 Å². The molecule has 0 radical (unpaired) electrons. The van der Waals surface area contributed by atoms with E-state index in [1.807, 2.05) is 24.5 Å². The fourth-order valence-corrected chi connectivity index (χ4v) is 1.04. The van der Waals surface area contributed by atoms with E-state index in [2.05, 4.69) is 5.32 Å². The van der Waals surface area contributed by atoms with Gasteiger partial charge in [0.15, 0.2) is 0 Å². The van der Waals surface area contributed by atoms with Crippen molar-refractivity contribution < 1.29 is 9.59 Å². The lowest BCUT2D eigenvalue weighted by Gasteiger charge is -2.04. The number of anilines is 1. The fourth-order valence-electron chi connectivity index (χ4n) is 1.04. The number of hydrogen-bond acceptors (Lipinski definition) is 3. The van der Waals surface area contributed by atoms with Crippen molar-refractivity contribution in [1.82, 2.24) is 5.43 Å². The first kappa shape index (κ1) is 11.2. The summed E-state index contributed by atoms with van der Waals surface area (Å²) in [7, 11) is 0. The summed E-state index contributed by atoms with van der Waals surface area (Å²) in [6.45, 7) is 1.95. The zero-order chi connectivity index (χ0) is 11.3. The Hall–Kier alpha value is -1.88. The van der Waals surface area contributed by atoms with Gasteiger partial charge in [-0.15, -0.1) is 0 Å². The molecule has 4 N–H and O–H groups in total. The van der Waals surface area contributed by atoms with Gasteiger partial charge in [0.25, 0.3) is 0 Å². The predicted molar refractivity (Wildman–Crippen MR) is 56.8 cm³/mol. The second kappa shape index (κ2) is 5.11. The molecule has 1 rings (SSSR count). The number of hydrazine groups is 1. The molecule has 1 aromatic carbocycles. The standard InChI is InChI=1S/C10H13N3O2/c1-7-2-4-8(5-3-7)12-9(14)6-10(15)13-11/h2-5H,6,11H2,1H3,(H,12,14)(H,13,15). The molecular formula is C10H13N3O2. The average Bonchev–Trinajstić information content (AvgIpc) is 2.21. The van der Waals surface area contributed by atoms with Crippen LogP contribution in [-0.2, 0) is 9.59 Å². The Balaban J connectivity index is 2.51. The average molecular weight is 207 g/mol. The molecule has 0 heterocycles. The molecule has 0 atom stereocenters. The van der Waals surface area contributed by atoms with Crippen LogP contribution in [0.1, 0.15) is 12.0 Å². The lowest BCUT2D eigenvalue weighted by Crippen LogP contribution is -2.33. The summed E-state index contributed by atoms with van der Waals surface area (Å²) in [6, 6.07) is 7.29. The summed E-state index contributed by atoms with van der Waals surface area (Å²) < 4.78 is 0. The van der Waals surface area contributed by atoms with E-state index in [4.69, 9.17) is 5.84 Å². The predicted octanol–water partition coefficient (Wildman–Crippen LogP) is 0.314. The molecule has 0 aliphatic carbocycles. The molecule has 0 bridgehead atoms. The van der Waals surface area contributed by atoms with Crippen LogP contribution in [0, 0.1) is 6.92 Å². The molecule has 2 amide bonds. The van der Waals surface area contributed by atoms with Gasteiger partial charge in [0.2, 0.25) is 11.8 Å². The van der Waals surface area contributed by atoms with Crippen molar-refractivity contribution in [1.29, 1.82) is 0 Å². The molecule has 0 aliphatic heterocycles. The molecule has 0 saturated carbocycles. The largest absolute Gasteiger partial charge is 0.326 e. The third-order valence-electron chi connectivity index (χ3n) is 1.82. The van der Waals surface area contributed by atoms with Gasteiger partial charge in [-0.3, -0.25) is 15.0 Å². The van der Waals surface area contributed by atoms with Crippen LogP contribution in [0.4, 0.5) is 5.69 Å². The highest BCUT2D eigenvalue weighted by Gasteiger charge is 2.07. The molecule has 1 aromatic rings. The molecule has 80 valence electrons. The first-order chi connectivity index (χ1) is 7.11. The van der Waals surface area contributed by atoms with Crippen LogP contribution in [0.15, 0.2) is 24.3 Å². The molecule has 5 heteroatoms. The third kappa shape index (κ3) is 3.78. The molecule has 0 saturated heterocycles. The first-order valence-corrected chi connectivity index (χ1v) is 4.48. The third-order valence-corrected chi connectivity index (χ3v) is 1.82. The normalized spacial score (nSPS) is 9.47. The minimum absolute atomic E-state index is 0.273.